The van der Waals surface area contributed by atoms with Crippen molar-refractivity contribution >= 4 is 16.7 Å². The van der Waals surface area contributed by atoms with Gasteiger partial charge in [0, 0.05) is 24.9 Å². The molecule has 0 aliphatic carbocycles. The Hall–Kier alpha value is -1.94. The van der Waals surface area contributed by atoms with Crippen LogP contribution in [0.2, 0.25) is 0 Å². The number of hydrogen-bond donors (Lipinski definition) is 2. The Labute approximate surface area is 113 Å². The molecule has 2 aromatic rings. The zero-order valence-electron chi connectivity index (χ0n) is 11.3. The van der Waals surface area contributed by atoms with Gasteiger partial charge in [-0.05, 0) is 18.7 Å². The number of benzene rings is 1. The summed E-state index contributed by atoms with van der Waals surface area (Å²) in [6.07, 6.45) is 0.613. The predicted molar refractivity (Wildman–Crippen MR) is 79.2 cm³/mol. The summed E-state index contributed by atoms with van der Waals surface area (Å²) in [6, 6.07) is 12.3. The lowest BCUT2D eigenvalue weighted by molar-refractivity contribution is 0.285. The van der Waals surface area contributed by atoms with Crippen LogP contribution >= 0.6 is 0 Å². The number of nitrogens with zero attached hydrogens (tertiary/aromatic N) is 2. The summed E-state index contributed by atoms with van der Waals surface area (Å²) in [5.74, 6) is 0.241. The molecule has 100 valence electrons. The van der Waals surface area contributed by atoms with E-state index < -0.39 is 0 Å². The highest BCUT2D eigenvalue weighted by Crippen LogP contribution is 2.13. The number of amidine groups is 1. The highest BCUT2D eigenvalue weighted by molar-refractivity contribution is 5.78. The molecular weight excluding hydrogens is 236 g/mol. The fourth-order valence-electron chi connectivity index (χ4n) is 2.05. The Morgan fingerprint density at radius 3 is 2.79 bits per heavy atom. The van der Waals surface area contributed by atoms with Gasteiger partial charge in [-0.25, -0.2) is 0 Å². The van der Waals surface area contributed by atoms with Crippen molar-refractivity contribution in [2.24, 2.45) is 5.73 Å². The Morgan fingerprint density at radius 2 is 2.05 bits per heavy atom. The third-order valence-corrected chi connectivity index (χ3v) is 3.19. The molecule has 0 radical (unpaired) electrons. The highest BCUT2D eigenvalue weighted by atomic mass is 15.1. The average molecular weight is 256 g/mol. The number of hydrogen-bond acceptors (Lipinski definition) is 3. The van der Waals surface area contributed by atoms with Gasteiger partial charge >= 0.3 is 0 Å². The molecule has 0 saturated heterocycles. The van der Waals surface area contributed by atoms with E-state index in [1.165, 1.54) is 0 Å². The van der Waals surface area contributed by atoms with Crippen LogP contribution in [0.4, 0.5) is 0 Å². The third-order valence-electron chi connectivity index (χ3n) is 3.19. The molecule has 0 aliphatic rings. The first-order valence-electron chi connectivity index (χ1n) is 6.59. The van der Waals surface area contributed by atoms with E-state index in [1.807, 2.05) is 18.2 Å². The second-order valence-corrected chi connectivity index (χ2v) is 4.64. The largest absolute Gasteiger partial charge is 0.388 e. The van der Waals surface area contributed by atoms with E-state index >= 15 is 0 Å². The standard InChI is InChI=1S/C15H20N4/c1-2-19(10-9-15(16)17)11-13-8-7-12-5-3-4-6-14(12)18-13/h3-8H,2,9-11H2,1H3,(H3,16,17). The van der Waals surface area contributed by atoms with E-state index in [0.717, 1.165) is 36.2 Å². The first-order valence-corrected chi connectivity index (χ1v) is 6.59. The van der Waals surface area contributed by atoms with Crippen molar-refractivity contribution in [1.82, 2.24) is 9.88 Å². The zero-order chi connectivity index (χ0) is 13.7. The van der Waals surface area contributed by atoms with Crippen LogP contribution < -0.4 is 5.73 Å². The fraction of sp³-hybridized carbons (Fsp3) is 0.333. The molecule has 0 unspecified atom stereocenters. The summed E-state index contributed by atoms with van der Waals surface area (Å²) in [5, 5.41) is 8.45. The van der Waals surface area contributed by atoms with Crippen LogP contribution in [0, 0.1) is 5.41 Å². The minimum Gasteiger partial charge on any atom is -0.388 e. The second kappa shape index (κ2) is 6.29. The molecule has 3 N–H and O–H groups in total. The summed E-state index contributed by atoms with van der Waals surface area (Å²) in [4.78, 5) is 6.91. The van der Waals surface area contributed by atoms with Crippen molar-refractivity contribution in [3.63, 3.8) is 0 Å². The van der Waals surface area contributed by atoms with Crippen LogP contribution in [-0.2, 0) is 6.54 Å². The number of pyridine rings is 1. The summed E-state index contributed by atoms with van der Waals surface area (Å²) in [7, 11) is 0. The Bertz CT molecular complexity index is 565. The smallest absolute Gasteiger partial charge is 0.0918 e. The molecule has 0 amide bonds. The lowest BCUT2D eigenvalue weighted by atomic mass is 10.2. The third kappa shape index (κ3) is 3.76. The molecule has 1 aromatic heterocycles. The lowest BCUT2D eigenvalue weighted by Crippen LogP contribution is -2.27. The van der Waals surface area contributed by atoms with E-state index in [2.05, 4.69) is 35.0 Å². The van der Waals surface area contributed by atoms with Crippen LogP contribution in [0.5, 0.6) is 0 Å². The zero-order valence-corrected chi connectivity index (χ0v) is 11.3. The molecule has 0 aliphatic heterocycles. The van der Waals surface area contributed by atoms with Crippen LogP contribution in [0.1, 0.15) is 19.0 Å². The molecule has 2 rings (SSSR count). The number of nitrogens with two attached hydrogens (primary N) is 1. The van der Waals surface area contributed by atoms with Crippen molar-refractivity contribution in [2.45, 2.75) is 19.9 Å². The Kier molecular flexibility index (Phi) is 4.47. The molecule has 0 atom stereocenters. The molecule has 19 heavy (non-hydrogen) atoms. The van der Waals surface area contributed by atoms with Gasteiger partial charge in [-0.3, -0.25) is 15.3 Å². The molecule has 1 aromatic carbocycles. The highest BCUT2D eigenvalue weighted by Gasteiger charge is 2.06. The second-order valence-electron chi connectivity index (χ2n) is 4.64. The maximum Gasteiger partial charge on any atom is 0.0918 e. The molecule has 0 saturated carbocycles. The molecule has 0 bridgehead atoms. The Balaban J connectivity index is 2.08. The van der Waals surface area contributed by atoms with Gasteiger partial charge in [0.15, 0.2) is 0 Å². The van der Waals surface area contributed by atoms with Gasteiger partial charge in [-0.1, -0.05) is 31.2 Å². The number of fused-ring (bicyclic) bond motifs is 1. The molecule has 1 heterocycles. The SMILES string of the molecule is CCN(CCC(=N)N)Cc1ccc2ccccc2n1. The van der Waals surface area contributed by atoms with Gasteiger partial charge in [-0.2, -0.15) is 0 Å². The molecule has 4 nitrogen and oxygen atoms in total. The molecular formula is C15H20N4. The van der Waals surface area contributed by atoms with Crippen LogP contribution in [0.3, 0.4) is 0 Å². The minimum absolute atomic E-state index is 0.241. The van der Waals surface area contributed by atoms with Crippen molar-refractivity contribution in [2.75, 3.05) is 13.1 Å². The van der Waals surface area contributed by atoms with Crippen molar-refractivity contribution in [3.05, 3.63) is 42.1 Å². The number of rotatable bonds is 6. The average Bonchev–Trinajstić information content (AvgIpc) is 2.43. The van der Waals surface area contributed by atoms with Gasteiger partial charge in [-0.15, -0.1) is 0 Å². The van der Waals surface area contributed by atoms with Crippen molar-refractivity contribution < 1.29 is 0 Å². The number of nitrogens with one attached hydrogen (secondary N) is 1. The van der Waals surface area contributed by atoms with Crippen LogP contribution in [-0.4, -0.2) is 28.8 Å². The summed E-state index contributed by atoms with van der Waals surface area (Å²) < 4.78 is 0. The summed E-state index contributed by atoms with van der Waals surface area (Å²) in [5.41, 5.74) is 7.49. The number of para-hydroxylation sites is 1. The van der Waals surface area contributed by atoms with Gasteiger partial charge in [0.2, 0.25) is 0 Å². The van der Waals surface area contributed by atoms with E-state index in [4.69, 9.17) is 11.1 Å². The molecule has 0 spiro atoms. The van der Waals surface area contributed by atoms with Gasteiger partial charge in [0.05, 0.1) is 17.0 Å². The Morgan fingerprint density at radius 1 is 1.26 bits per heavy atom. The first kappa shape index (κ1) is 13.5. The monoisotopic (exact) mass is 256 g/mol. The molecule has 4 heteroatoms. The summed E-state index contributed by atoms with van der Waals surface area (Å²) >= 11 is 0. The van der Waals surface area contributed by atoms with Crippen LogP contribution in [0.15, 0.2) is 36.4 Å². The molecule has 0 fully saturated rings. The minimum atomic E-state index is 0.241. The summed E-state index contributed by atoms with van der Waals surface area (Å²) in [6.45, 7) is 4.65. The van der Waals surface area contributed by atoms with Crippen molar-refractivity contribution in [1.29, 1.82) is 5.41 Å². The van der Waals surface area contributed by atoms with Gasteiger partial charge < -0.3 is 5.73 Å². The first-order chi connectivity index (χ1) is 9.19. The van der Waals surface area contributed by atoms with E-state index in [1.54, 1.807) is 0 Å². The topological polar surface area (TPSA) is 66.0 Å². The maximum absolute atomic E-state index is 7.29. The predicted octanol–water partition coefficient (Wildman–Crippen LogP) is 2.38. The lowest BCUT2D eigenvalue weighted by Gasteiger charge is -2.19. The van der Waals surface area contributed by atoms with Gasteiger partial charge in [0.25, 0.3) is 0 Å². The van der Waals surface area contributed by atoms with E-state index in [-0.39, 0.29) is 5.84 Å². The van der Waals surface area contributed by atoms with Crippen molar-refractivity contribution in [3.8, 4) is 0 Å². The van der Waals surface area contributed by atoms with Crippen LogP contribution in [0.25, 0.3) is 10.9 Å². The normalized spacial score (nSPS) is 11.1. The quantitative estimate of drug-likeness (QED) is 0.616. The van der Waals surface area contributed by atoms with E-state index in [0.29, 0.717) is 6.42 Å². The fourth-order valence-corrected chi connectivity index (χ4v) is 2.05. The maximum atomic E-state index is 7.29. The van der Waals surface area contributed by atoms with Gasteiger partial charge in [0.1, 0.15) is 0 Å². The van der Waals surface area contributed by atoms with E-state index in [9.17, 15) is 0 Å². The number of aromatic nitrogens is 1.